The summed E-state index contributed by atoms with van der Waals surface area (Å²) in [6.45, 7) is 7.56. The predicted octanol–water partition coefficient (Wildman–Crippen LogP) is 2.02. The van der Waals surface area contributed by atoms with Crippen LogP contribution in [0.3, 0.4) is 0 Å². The summed E-state index contributed by atoms with van der Waals surface area (Å²) in [5, 5.41) is 10.9. The van der Waals surface area contributed by atoms with E-state index in [4.69, 9.17) is 0 Å². The molecule has 0 spiro atoms. The highest BCUT2D eigenvalue weighted by atomic mass is 15.3. The normalized spacial score (nSPS) is 14.7. The van der Waals surface area contributed by atoms with Crippen LogP contribution in [0.1, 0.15) is 31.7 Å². The van der Waals surface area contributed by atoms with Crippen LogP contribution in [0, 0.1) is 0 Å². The molecule has 0 unspecified atom stereocenters. The van der Waals surface area contributed by atoms with Gasteiger partial charge < -0.3 is 15.5 Å². The Labute approximate surface area is 155 Å². The third-order valence-corrected chi connectivity index (χ3v) is 4.42. The van der Waals surface area contributed by atoms with E-state index in [1.807, 2.05) is 29.3 Å². The third kappa shape index (κ3) is 5.47. The monoisotopic (exact) mass is 355 g/mol. The summed E-state index contributed by atoms with van der Waals surface area (Å²) >= 11 is 0. The number of hydrogen-bond donors (Lipinski definition) is 2. The molecule has 3 rings (SSSR count). The molecule has 0 amide bonds. The van der Waals surface area contributed by atoms with Crippen molar-refractivity contribution in [3.8, 4) is 0 Å². The predicted molar refractivity (Wildman–Crippen MR) is 105 cm³/mol. The van der Waals surface area contributed by atoms with E-state index in [9.17, 15) is 0 Å². The highest BCUT2D eigenvalue weighted by molar-refractivity contribution is 5.79. The Morgan fingerprint density at radius 2 is 2.12 bits per heavy atom. The molecule has 1 aliphatic heterocycles. The Morgan fingerprint density at radius 3 is 2.81 bits per heavy atom. The van der Waals surface area contributed by atoms with Gasteiger partial charge in [0.05, 0.1) is 6.54 Å². The van der Waals surface area contributed by atoms with Gasteiger partial charge in [-0.2, -0.15) is 5.10 Å². The molecule has 0 aliphatic carbocycles. The van der Waals surface area contributed by atoms with Crippen molar-refractivity contribution in [3.05, 3.63) is 42.4 Å². The highest BCUT2D eigenvalue weighted by Gasteiger charge is 2.12. The van der Waals surface area contributed by atoms with Gasteiger partial charge in [-0.05, 0) is 43.9 Å². The SMILES string of the molecule is CCNC(=NCc1ccc(N2CCCC2)nc1)NCCCn1cccn1. The van der Waals surface area contributed by atoms with E-state index in [0.29, 0.717) is 6.54 Å². The Kier molecular flexibility index (Phi) is 6.87. The maximum atomic E-state index is 4.66. The van der Waals surface area contributed by atoms with Gasteiger partial charge in [-0.1, -0.05) is 6.07 Å². The largest absolute Gasteiger partial charge is 0.357 e. The van der Waals surface area contributed by atoms with Gasteiger partial charge in [-0.25, -0.2) is 9.98 Å². The molecule has 2 aromatic rings. The number of nitrogens with one attached hydrogen (secondary N) is 2. The first-order valence-corrected chi connectivity index (χ1v) is 9.54. The van der Waals surface area contributed by atoms with Crippen LogP contribution >= 0.6 is 0 Å². The standard InChI is InChI=1S/C19H29N7/c1-2-20-19(21-9-5-13-26-14-6-10-24-26)23-16-17-7-8-18(22-15-17)25-11-3-4-12-25/h6-8,10,14-15H,2-5,9,11-13,16H2,1H3,(H2,20,21,23). The summed E-state index contributed by atoms with van der Waals surface area (Å²) < 4.78 is 1.94. The summed E-state index contributed by atoms with van der Waals surface area (Å²) in [5.74, 6) is 1.93. The maximum absolute atomic E-state index is 4.66. The topological polar surface area (TPSA) is 70.4 Å². The van der Waals surface area contributed by atoms with Crippen LogP contribution in [0.2, 0.25) is 0 Å². The fraction of sp³-hybridized carbons (Fsp3) is 0.526. The zero-order valence-electron chi connectivity index (χ0n) is 15.6. The van der Waals surface area contributed by atoms with E-state index in [-0.39, 0.29) is 0 Å². The molecule has 26 heavy (non-hydrogen) atoms. The van der Waals surface area contributed by atoms with Crippen molar-refractivity contribution in [2.45, 2.75) is 39.3 Å². The lowest BCUT2D eigenvalue weighted by Gasteiger charge is -2.16. The number of aliphatic imine (C=N–C) groups is 1. The van der Waals surface area contributed by atoms with Crippen LogP contribution in [0.25, 0.3) is 0 Å². The molecule has 0 radical (unpaired) electrons. The van der Waals surface area contributed by atoms with E-state index in [1.54, 1.807) is 0 Å². The molecule has 1 fully saturated rings. The molecule has 7 heteroatoms. The Morgan fingerprint density at radius 1 is 1.23 bits per heavy atom. The van der Waals surface area contributed by atoms with Crippen LogP contribution < -0.4 is 15.5 Å². The fourth-order valence-electron chi connectivity index (χ4n) is 3.04. The molecule has 0 bridgehead atoms. The number of guanidine groups is 1. The number of pyridine rings is 1. The van der Waals surface area contributed by atoms with E-state index in [2.05, 4.69) is 49.7 Å². The van der Waals surface area contributed by atoms with Gasteiger partial charge in [0, 0.05) is 51.3 Å². The van der Waals surface area contributed by atoms with Gasteiger partial charge in [0.25, 0.3) is 0 Å². The van der Waals surface area contributed by atoms with Crippen LogP contribution in [0.4, 0.5) is 5.82 Å². The number of aryl methyl sites for hydroxylation is 1. The van der Waals surface area contributed by atoms with Gasteiger partial charge in [0.1, 0.15) is 5.82 Å². The molecule has 140 valence electrons. The number of hydrogen-bond acceptors (Lipinski definition) is 4. The summed E-state index contributed by atoms with van der Waals surface area (Å²) in [6.07, 6.45) is 9.27. The second-order valence-corrected chi connectivity index (χ2v) is 6.46. The van der Waals surface area contributed by atoms with Gasteiger partial charge >= 0.3 is 0 Å². The molecule has 2 N–H and O–H groups in total. The van der Waals surface area contributed by atoms with Crippen molar-refractivity contribution in [3.63, 3.8) is 0 Å². The van der Waals surface area contributed by atoms with Crippen molar-refractivity contribution in [2.75, 3.05) is 31.1 Å². The minimum absolute atomic E-state index is 0.627. The van der Waals surface area contributed by atoms with Gasteiger partial charge in [-0.3, -0.25) is 4.68 Å². The molecule has 0 saturated carbocycles. The van der Waals surface area contributed by atoms with Crippen molar-refractivity contribution in [1.82, 2.24) is 25.4 Å². The summed E-state index contributed by atoms with van der Waals surface area (Å²) in [5.41, 5.74) is 1.13. The Hall–Kier alpha value is -2.57. The summed E-state index contributed by atoms with van der Waals surface area (Å²) in [7, 11) is 0. The van der Waals surface area contributed by atoms with Crippen LogP contribution in [0.15, 0.2) is 41.8 Å². The molecule has 1 saturated heterocycles. The first-order chi connectivity index (χ1) is 12.8. The minimum atomic E-state index is 0.627. The molecule has 7 nitrogen and oxygen atoms in total. The van der Waals surface area contributed by atoms with Crippen LogP contribution in [0.5, 0.6) is 0 Å². The molecule has 0 aromatic carbocycles. The van der Waals surface area contributed by atoms with Crippen molar-refractivity contribution >= 4 is 11.8 Å². The number of nitrogens with zero attached hydrogens (tertiary/aromatic N) is 5. The summed E-state index contributed by atoms with van der Waals surface area (Å²) in [4.78, 5) is 11.6. The fourth-order valence-corrected chi connectivity index (χ4v) is 3.04. The number of rotatable bonds is 8. The van der Waals surface area contributed by atoms with Gasteiger partial charge in [-0.15, -0.1) is 0 Å². The lowest BCUT2D eigenvalue weighted by molar-refractivity contribution is 0.570. The molecule has 3 heterocycles. The molecular weight excluding hydrogens is 326 g/mol. The van der Waals surface area contributed by atoms with Crippen LogP contribution in [-0.4, -0.2) is 46.9 Å². The maximum Gasteiger partial charge on any atom is 0.191 e. The number of aromatic nitrogens is 3. The zero-order chi connectivity index (χ0) is 18.0. The second kappa shape index (κ2) is 9.79. The average Bonchev–Trinajstić information content (AvgIpc) is 3.37. The summed E-state index contributed by atoms with van der Waals surface area (Å²) in [6, 6.07) is 6.19. The third-order valence-electron chi connectivity index (χ3n) is 4.42. The Bertz CT molecular complexity index is 658. The first-order valence-electron chi connectivity index (χ1n) is 9.54. The first kappa shape index (κ1) is 18.2. The zero-order valence-corrected chi connectivity index (χ0v) is 15.6. The molecule has 1 aliphatic rings. The smallest absolute Gasteiger partial charge is 0.191 e. The quantitative estimate of drug-likeness (QED) is 0.431. The second-order valence-electron chi connectivity index (χ2n) is 6.46. The lowest BCUT2D eigenvalue weighted by Crippen LogP contribution is -2.38. The Balaban J connectivity index is 1.46. The van der Waals surface area contributed by atoms with Gasteiger partial charge in [0.15, 0.2) is 5.96 Å². The van der Waals surface area contributed by atoms with Crippen molar-refractivity contribution in [2.24, 2.45) is 4.99 Å². The van der Waals surface area contributed by atoms with E-state index >= 15 is 0 Å². The van der Waals surface area contributed by atoms with Crippen molar-refractivity contribution < 1.29 is 0 Å². The molecule has 0 atom stereocenters. The molecular formula is C19H29N7. The highest BCUT2D eigenvalue weighted by Crippen LogP contribution is 2.17. The van der Waals surface area contributed by atoms with Crippen molar-refractivity contribution in [1.29, 1.82) is 0 Å². The van der Waals surface area contributed by atoms with E-state index in [1.165, 1.54) is 12.8 Å². The lowest BCUT2D eigenvalue weighted by atomic mass is 10.3. The van der Waals surface area contributed by atoms with E-state index in [0.717, 1.165) is 56.5 Å². The minimum Gasteiger partial charge on any atom is -0.357 e. The van der Waals surface area contributed by atoms with Gasteiger partial charge in [0.2, 0.25) is 0 Å². The van der Waals surface area contributed by atoms with E-state index < -0.39 is 0 Å². The average molecular weight is 355 g/mol. The molecule has 2 aromatic heterocycles. The van der Waals surface area contributed by atoms with Crippen LogP contribution in [-0.2, 0) is 13.1 Å². The number of anilines is 1.